The van der Waals surface area contributed by atoms with Crippen LogP contribution in [0.4, 0.5) is 0 Å². The first-order chi connectivity index (χ1) is 12.1. The van der Waals surface area contributed by atoms with E-state index in [1.807, 2.05) is 36.4 Å². The van der Waals surface area contributed by atoms with Crippen LogP contribution >= 0.6 is 0 Å². The zero-order chi connectivity index (χ0) is 17.7. The van der Waals surface area contributed by atoms with E-state index in [-0.39, 0.29) is 13.1 Å². The van der Waals surface area contributed by atoms with Crippen LogP contribution in [0.25, 0.3) is 0 Å². The van der Waals surface area contributed by atoms with Crippen molar-refractivity contribution in [3.63, 3.8) is 0 Å². The molecule has 2 aromatic rings. The van der Waals surface area contributed by atoms with Gasteiger partial charge in [-0.2, -0.15) is 0 Å². The summed E-state index contributed by atoms with van der Waals surface area (Å²) >= 11 is 0. The first-order valence-corrected chi connectivity index (χ1v) is 8.13. The van der Waals surface area contributed by atoms with Gasteiger partial charge in [0.1, 0.15) is 11.4 Å². The Morgan fingerprint density at radius 1 is 1.00 bits per heavy atom. The average Bonchev–Trinajstić information content (AvgIpc) is 2.65. The summed E-state index contributed by atoms with van der Waals surface area (Å²) in [5.74, 6) is -0.903. The second-order valence-corrected chi connectivity index (χ2v) is 5.98. The number of amides is 2. The smallest absolute Gasteiger partial charge is 0.309 e. The summed E-state index contributed by atoms with van der Waals surface area (Å²) in [5, 5.41) is 15.9. The zero-order valence-corrected chi connectivity index (χ0v) is 13.7. The highest BCUT2D eigenvalue weighted by Gasteiger charge is 2.36. The van der Waals surface area contributed by atoms with Gasteiger partial charge in [0, 0.05) is 18.5 Å². The van der Waals surface area contributed by atoms with E-state index in [2.05, 4.69) is 10.6 Å². The number of hydrogen-bond donors (Lipinski definition) is 3. The van der Waals surface area contributed by atoms with Crippen LogP contribution in [0.5, 0.6) is 5.75 Å². The zero-order valence-electron chi connectivity index (χ0n) is 13.7. The maximum atomic E-state index is 12.0. The van der Waals surface area contributed by atoms with Gasteiger partial charge in [0.05, 0.1) is 13.2 Å². The largest absolute Gasteiger partial charge is 0.493 e. The lowest BCUT2D eigenvalue weighted by molar-refractivity contribution is -0.140. The number of ether oxygens (including phenoxy) is 1. The molecule has 0 saturated heterocycles. The van der Waals surface area contributed by atoms with E-state index in [4.69, 9.17) is 4.74 Å². The molecule has 1 aliphatic heterocycles. The van der Waals surface area contributed by atoms with E-state index in [0.29, 0.717) is 24.3 Å². The standard InChI is InChI=1S/C19H20N2O4/c22-17(20-12-14-6-2-1-3-7-14)18(23)21-13-19(24)10-11-25-16-9-5-4-8-15(16)19/h1-9,24H,10-13H2,(H,20,22)(H,21,23). The van der Waals surface area contributed by atoms with Crippen molar-refractivity contribution in [1.82, 2.24) is 10.6 Å². The minimum Gasteiger partial charge on any atom is -0.493 e. The molecule has 0 aliphatic carbocycles. The minimum absolute atomic E-state index is 0.0506. The summed E-state index contributed by atoms with van der Waals surface area (Å²) in [6.45, 7) is 0.572. The number of hydrogen-bond acceptors (Lipinski definition) is 4. The molecule has 2 aromatic carbocycles. The Balaban J connectivity index is 1.56. The quantitative estimate of drug-likeness (QED) is 0.727. The number of aliphatic hydroxyl groups is 1. The number of carbonyl (C=O) groups excluding carboxylic acids is 2. The summed E-state index contributed by atoms with van der Waals surface area (Å²) in [6.07, 6.45) is 0.343. The van der Waals surface area contributed by atoms with Gasteiger partial charge in [0.25, 0.3) is 0 Å². The van der Waals surface area contributed by atoms with Crippen molar-refractivity contribution < 1.29 is 19.4 Å². The third-order valence-electron chi connectivity index (χ3n) is 4.21. The third-order valence-corrected chi connectivity index (χ3v) is 4.21. The van der Waals surface area contributed by atoms with E-state index < -0.39 is 17.4 Å². The monoisotopic (exact) mass is 340 g/mol. The molecule has 25 heavy (non-hydrogen) atoms. The highest BCUT2D eigenvalue weighted by molar-refractivity contribution is 6.35. The average molecular weight is 340 g/mol. The van der Waals surface area contributed by atoms with Crippen LogP contribution in [-0.2, 0) is 21.7 Å². The summed E-state index contributed by atoms with van der Waals surface area (Å²) in [6, 6.07) is 16.5. The molecule has 3 N–H and O–H groups in total. The van der Waals surface area contributed by atoms with Gasteiger partial charge in [-0.05, 0) is 11.6 Å². The number of para-hydroxylation sites is 1. The fourth-order valence-corrected chi connectivity index (χ4v) is 2.79. The van der Waals surface area contributed by atoms with Crippen LogP contribution in [-0.4, -0.2) is 30.1 Å². The molecule has 1 aliphatic rings. The van der Waals surface area contributed by atoms with Gasteiger partial charge in [-0.15, -0.1) is 0 Å². The van der Waals surface area contributed by atoms with E-state index in [1.165, 1.54) is 0 Å². The topological polar surface area (TPSA) is 87.7 Å². The Morgan fingerprint density at radius 3 is 2.48 bits per heavy atom. The van der Waals surface area contributed by atoms with Crippen LogP contribution < -0.4 is 15.4 Å². The van der Waals surface area contributed by atoms with E-state index in [1.54, 1.807) is 18.2 Å². The molecule has 1 unspecified atom stereocenters. The van der Waals surface area contributed by atoms with Gasteiger partial charge in [-0.3, -0.25) is 9.59 Å². The predicted molar refractivity (Wildman–Crippen MR) is 91.7 cm³/mol. The molecular formula is C19H20N2O4. The normalized spacial score (nSPS) is 18.6. The molecule has 130 valence electrons. The van der Waals surface area contributed by atoms with Crippen molar-refractivity contribution in [2.75, 3.05) is 13.2 Å². The number of nitrogens with one attached hydrogen (secondary N) is 2. The predicted octanol–water partition coefficient (Wildman–Crippen LogP) is 1.09. The van der Waals surface area contributed by atoms with Crippen molar-refractivity contribution in [2.24, 2.45) is 0 Å². The minimum atomic E-state index is -1.25. The van der Waals surface area contributed by atoms with Gasteiger partial charge in [-0.1, -0.05) is 48.5 Å². The van der Waals surface area contributed by atoms with Crippen LogP contribution in [0.1, 0.15) is 17.5 Å². The Labute approximate surface area is 145 Å². The molecule has 0 aromatic heterocycles. The molecule has 1 atom stereocenters. The van der Waals surface area contributed by atoms with E-state index in [0.717, 1.165) is 5.56 Å². The number of fused-ring (bicyclic) bond motifs is 1. The fraction of sp³-hybridized carbons (Fsp3) is 0.263. The van der Waals surface area contributed by atoms with Gasteiger partial charge in [0.15, 0.2) is 0 Å². The van der Waals surface area contributed by atoms with Crippen molar-refractivity contribution in [2.45, 2.75) is 18.6 Å². The molecule has 2 amide bonds. The second kappa shape index (κ2) is 7.36. The van der Waals surface area contributed by atoms with Crippen molar-refractivity contribution in [3.05, 3.63) is 65.7 Å². The Hall–Kier alpha value is -2.86. The Kier molecular flexibility index (Phi) is 5.00. The molecule has 0 fully saturated rings. The lowest BCUT2D eigenvalue weighted by atomic mass is 9.88. The number of benzene rings is 2. The molecule has 3 rings (SSSR count). The van der Waals surface area contributed by atoms with Crippen LogP contribution in [0, 0.1) is 0 Å². The molecule has 6 nitrogen and oxygen atoms in total. The molecule has 0 radical (unpaired) electrons. The first-order valence-electron chi connectivity index (χ1n) is 8.13. The van der Waals surface area contributed by atoms with Crippen molar-refractivity contribution in [3.8, 4) is 5.75 Å². The Morgan fingerprint density at radius 2 is 1.68 bits per heavy atom. The lowest BCUT2D eigenvalue weighted by Crippen LogP contribution is -2.47. The van der Waals surface area contributed by atoms with Gasteiger partial charge in [-0.25, -0.2) is 0 Å². The fourth-order valence-electron chi connectivity index (χ4n) is 2.79. The second-order valence-electron chi connectivity index (χ2n) is 5.98. The summed E-state index contributed by atoms with van der Waals surface area (Å²) < 4.78 is 5.51. The highest BCUT2D eigenvalue weighted by atomic mass is 16.5. The summed E-state index contributed by atoms with van der Waals surface area (Å²) in [7, 11) is 0. The molecule has 1 heterocycles. The summed E-state index contributed by atoms with van der Waals surface area (Å²) in [5.41, 5.74) is 0.274. The highest BCUT2D eigenvalue weighted by Crippen LogP contribution is 2.36. The maximum absolute atomic E-state index is 12.0. The summed E-state index contributed by atoms with van der Waals surface area (Å²) in [4.78, 5) is 23.9. The molecular weight excluding hydrogens is 320 g/mol. The van der Waals surface area contributed by atoms with Gasteiger partial charge >= 0.3 is 11.8 Å². The van der Waals surface area contributed by atoms with Crippen LogP contribution in [0.3, 0.4) is 0 Å². The van der Waals surface area contributed by atoms with Gasteiger partial charge < -0.3 is 20.5 Å². The molecule has 0 spiro atoms. The van der Waals surface area contributed by atoms with Gasteiger partial charge in [0.2, 0.25) is 0 Å². The van der Waals surface area contributed by atoms with Crippen molar-refractivity contribution >= 4 is 11.8 Å². The van der Waals surface area contributed by atoms with Crippen LogP contribution in [0.15, 0.2) is 54.6 Å². The van der Waals surface area contributed by atoms with E-state index in [9.17, 15) is 14.7 Å². The third kappa shape index (κ3) is 3.97. The lowest BCUT2D eigenvalue weighted by Gasteiger charge is -2.34. The SMILES string of the molecule is O=C(NCc1ccccc1)C(=O)NCC1(O)CCOc2ccccc21. The maximum Gasteiger partial charge on any atom is 0.309 e. The van der Waals surface area contributed by atoms with Crippen molar-refractivity contribution in [1.29, 1.82) is 0 Å². The molecule has 0 saturated carbocycles. The van der Waals surface area contributed by atoms with Crippen LogP contribution in [0.2, 0.25) is 0 Å². The Bertz CT molecular complexity index is 763. The number of rotatable bonds is 4. The molecule has 6 heteroatoms. The van der Waals surface area contributed by atoms with E-state index >= 15 is 0 Å². The first kappa shape index (κ1) is 17.0. The molecule has 0 bridgehead atoms. The number of carbonyl (C=O) groups is 2.